The molecule has 0 saturated carbocycles. The van der Waals surface area contributed by atoms with Crippen molar-refractivity contribution in [2.45, 2.75) is 257 Å². The molecule has 8 nitrogen and oxygen atoms in total. The summed E-state index contributed by atoms with van der Waals surface area (Å²) in [6.07, 6.45) is 59.8. The van der Waals surface area contributed by atoms with Crippen LogP contribution in [0.5, 0.6) is 0 Å². The first kappa shape index (κ1) is 62.5. The molecule has 0 aliphatic heterocycles. The Morgan fingerprint density at radius 3 is 1.39 bits per heavy atom. The van der Waals surface area contributed by atoms with Crippen molar-refractivity contribution >= 4 is 13.7 Å². The minimum Gasteiger partial charge on any atom is -0.756 e. The minimum absolute atomic E-state index is 0.0112. The quantitative estimate of drug-likeness (QED) is 0.0272. The number of carbonyl (C=O) groups excluding carboxylic acids is 1. The summed E-state index contributed by atoms with van der Waals surface area (Å²) in [5.41, 5.74) is 0. The molecule has 0 spiro atoms. The summed E-state index contributed by atoms with van der Waals surface area (Å²) in [6, 6.07) is -0.802. The molecule has 0 aromatic carbocycles. The van der Waals surface area contributed by atoms with E-state index in [1.165, 1.54) is 154 Å². The molecule has 0 radical (unpaired) electrons. The maximum Gasteiger partial charge on any atom is 0.268 e. The lowest BCUT2D eigenvalue weighted by Gasteiger charge is -2.30. The molecule has 0 saturated heterocycles. The number of hydrogen-bond acceptors (Lipinski definition) is 6. The third-order valence-corrected chi connectivity index (χ3v) is 13.0. The zero-order valence-corrected chi connectivity index (χ0v) is 43.6. The molecule has 376 valence electrons. The molecule has 3 unspecified atom stereocenters. The third kappa shape index (κ3) is 48.4. The molecule has 1 amide bonds. The summed E-state index contributed by atoms with van der Waals surface area (Å²) in [4.78, 5) is 25.5. The summed E-state index contributed by atoms with van der Waals surface area (Å²) in [5, 5.41) is 14.0. The highest BCUT2D eigenvalue weighted by molar-refractivity contribution is 7.45. The van der Waals surface area contributed by atoms with Crippen molar-refractivity contribution in [3.8, 4) is 0 Å². The SMILES string of the molecule is CC/C=C\C/C=C\C/C=C\C/C=C\CCCCCCCCCCCCCCC(=O)NC(COP(=O)([O-])OCC[N+](C)(C)C)C(O)CCCCCCCCCCCCCCCCCCC. The highest BCUT2D eigenvalue weighted by Gasteiger charge is 2.24. The molecular formula is C55H105N2O6P. The highest BCUT2D eigenvalue weighted by Crippen LogP contribution is 2.38. The predicted octanol–water partition coefficient (Wildman–Crippen LogP) is 15.3. The first-order valence-electron chi connectivity index (χ1n) is 27.0. The van der Waals surface area contributed by atoms with Crippen LogP contribution in [0.25, 0.3) is 0 Å². The number of quaternary nitrogens is 1. The average Bonchev–Trinajstić information content (AvgIpc) is 3.25. The number of allylic oxidation sites excluding steroid dienone is 8. The van der Waals surface area contributed by atoms with E-state index in [4.69, 9.17) is 9.05 Å². The van der Waals surface area contributed by atoms with Crippen LogP contribution in [0.15, 0.2) is 48.6 Å². The Labute approximate surface area is 397 Å². The Bertz CT molecular complexity index is 1180. The Balaban J connectivity index is 4.19. The smallest absolute Gasteiger partial charge is 0.268 e. The number of aliphatic hydroxyl groups is 1. The van der Waals surface area contributed by atoms with Crippen molar-refractivity contribution in [3.05, 3.63) is 48.6 Å². The molecule has 0 fully saturated rings. The molecule has 0 aliphatic rings. The number of aliphatic hydroxyl groups excluding tert-OH is 1. The molecule has 3 atom stereocenters. The van der Waals surface area contributed by atoms with Crippen molar-refractivity contribution < 1.29 is 32.9 Å². The van der Waals surface area contributed by atoms with Gasteiger partial charge in [0.15, 0.2) is 0 Å². The van der Waals surface area contributed by atoms with Crippen LogP contribution in [-0.4, -0.2) is 68.5 Å². The van der Waals surface area contributed by atoms with Crippen LogP contribution in [-0.2, 0) is 18.4 Å². The molecule has 0 heterocycles. The van der Waals surface area contributed by atoms with Crippen LogP contribution in [0.3, 0.4) is 0 Å². The monoisotopic (exact) mass is 921 g/mol. The van der Waals surface area contributed by atoms with Crippen molar-refractivity contribution in [1.82, 2.24) is 5.32 Å². The number of phosphoric ester groups is 1. The number of nitrogens with zero attached hydrogens (tertiary/aromatic N) is 1. The molecule has 2 N–H and O–H groups in total. The largest absolute Gasteiger partial charge is 0.756 e. The minimum atomic E-state index is -4.57. The maximum absolute atomic E-state index is 13.0. The summed E-state index contributed by atoms with van der Waals surface area (Å²) in [7, 11) is 1.30. The van der Waals surface area contributed by atoms with Gasteiger partial charge in [-0.05, 0) is 51.4 Å². The van der Waals surface area contributed by atoms with E-state index < -0.39 is 20.0 Å². The molecule has 9 heteroatoms. The van der Waals surface area contributed by atoms with Crippen molar-refractivity contribution in [2.75, 3.05) is 40.9 Å². The second kappa shape index (κ2) is 46.6. The van der Waals surface area contributed by atoms with E-state index in [9.17, 15) is 19.4 Å². The van der Waals surface area contributed by atoms with Gasteiger partial charge in [0.1, 0.15) is 13.2 Å². The summed E-state index contributed by atoms with van der Waals surface area (Å²) >= 11 is 0. The molecule has 0 bridgehead atoms. The van der Waals surface area contributed by atoms with Gasteiger partial charge in [0, 0.05) is 6.42 Å². The summed E-state index contributed by atoms with van der Waals surface area (Å²) in [5.74, 6) is -0.166. The Hall–Kier alpha value is -1.54. The van der Waals surface area contributed by atoms with Gasteiger partial charge in [0.2, 0.25) is 5.91 Å². The Morgan fingerprint density at radius 2 is 0.953 bits per heavy atom. The third-order valence-electron chi connectivity index (χ3n) is 12.1. The second-order valence-corrected chi connectivity index (χ2v) is 21.0. The lowest BCUT2D eigenvalue weighted by Crippen LogP contribution is -2.46. The van der Waals surface area contributed by atoms with Crippen molar-refractivity contribution in [1.29, 1.82) is 0 Å². The number of rotatable bonds is 49. The van der Waals surface area contributed by atoms with E-state index in [0.29, 0.717) is 23.9 Å². The van der Waals surface area contributed by atoms with Gasteiger partial charge in [-0.15, -0.1) is 0 Å². The van der Waals surface area contributed by atoms with E-state index in [-0.39, 0.29) is 19.1 Å². The average molecular weight is 921 g/mol. The second-order valence-electron chi connectivity index (χ2n) is 19.6. The van der Waals surface area contributed by atoms with Gasteiger partial charge < -0.3 is 28.8 Å². The normalized spacial score (nSPS) is 14.4. The van der Waals surface area contributed by atoms with E-state index in [2.05, 4.69) is 67.8 Å². The van der Waals surface area contributed by atoms with Crippen molar-refractivity contribution in [3.63, 3.8) is 0 Å². The maximum atomic E-state index is 13.0. The Morgan fingerprint density at radius 1 is 0.562 bits per heavy atom. The lowest BCUT2D eigenvalue weighted by atomic mass is 10.0. The Kier molecular flexibility index (Phi) is 45.4. The van der Waals surface area contributed by atoms with Crippen LogP contribution < -0.4 is 10.2 Å². The molecule has 0 aromatic heterocycles. The van der Waals surface area contributed by atoms with Crippen LogP contribution in [0.2, 0.25) is 0 Å². The lowest BCUT2D eigenvalue weighted by molar-refractivity contribution is -0.870. The zero-order valence-electron chi connectivity index (χ0n) is 42.7. The molecule has 64 heavy (non-hydrogen) atoms. The van der Waals surface area contributed by atoms with E-state index in [1.54, 1.807) is 0 Å². The van der Waals surface area contributed by atoms with E-state index in [1.807, 2.05) is 21.1 Å². The number of nitrogens with one attached hydrogen (secondary N) is 1. The molecular weight excluding hydrogens is 816 g/mol. The molecule has 0 rings (SSSR count). The number of hydrogen-bond donors (Lipinski definition) is 2. The van der Waals surface area contributed by atoms with E-state index >= 15 is 0 Å². The molecule has 0 aromatic rings. The van der Waals surface area contributed by atoms with Gasteiger partial charge in [-0.3, -0.25) is 9.36 Å². The van der Waals surface area contributed by atoms with Gasteiger partial charge in [0.05, 0.1) is 39.9 Å². The van der Waals surface area contributed by atoms with Crippen LogP contribution >= 0.6 is 7.82 Å². The fourth-order valence-corrected chi connectivity index (χ4v) is 8.58. The fourth-order valence-electron chi connectivity index (χ4n) is 7.86. The molecule has 0 aliphatic carbocycles. The number of likely N-dealkylation sites (N-methyl/N-ethyl adjacent to an activating group) is 1. The van der Waals surface area contributed by atoms with Crippen LogP contribution in [0.1, 0.15) is 245 Å². The van der Waals surface area contributed by atoms with Gasteiger partial charge >= 0.3 is 0 Å². The first-order chi connectivity index (χ1) is 31.0. The van der Waals surface area contributed by atoms with Gasteiger partial charge in [-0.1, -0.05) is 236 Å². The van der Waals surface area contributed by atoms with Gasteiger partial charge in [0.25, 0.3) is 7.82 Å². The van der Waals surface area contributed by atoms with Crippen LogP contribution in [0.4, 0.5) is 0 Å². The van der Waals surface area contributed by atoms with Gasteiger partial charge in [-0.2, -0.15) is 0 Å². The number of phosphoric acid groups is 1. The topological polar surface area (TPSA) is 108 Å². The predicted molar refractivity (Wildman–Crippen MR) is 274 cm³/mol. The zero-order chi connectivity index (χ0) is 47.1. The fraction of sp³-hybridized carbons (Fsp3) is 0.836. The van der Waals surface area contributed by atoms with Gasteiger partial charge in [-0.25, -0.2) is 0 Å². The number of amides is 1. The number of unbranched alkanes of at least 4 members (excludes halogenated alkanes) is 28. The van der Waals surface area contributed by atoms with E-state index in [0.717, 1.165) is 64.2 Å². The number of carbonyl (C=O) groups is 1. The first-order valence-corrected chi connectivity index (χ1v) is 28.4. The van der Waals surface area contributed by atoms with Crippen LogP contribution in [0, 0.1) is 0 Å². The highest BCUT2D eigenvalue weighted by atomic mass is 31.2. The summed E-state index contributed by atoms with van der Waals surface area (Å²) < 4.78 is 23.4. The summed E-state index contributed by atoms with van der Waals surface area (Å²) in [6.45, 7) is 4.63. The standard InChI is InChI=1S/C55H105N2O6P/c1-6-8-10-12-14-16-18-20-22-24-25-26-27-28-29-30-31-33-35-37-39-41-43-45-47-49-55(59)56-53(52-63-64(60,61)62-51-50-57(3,4)5)54(58)48-46-44-42-40-38-36-34-32-23-21-19-17-15-13-11-9-7-2/h8,10,14,16,20,22,25-26,53-54,58H,6-7,9,11-13,15,17-19,21,23-24,27-52H2,1-5H3,(H-,56,59,60,61)/b10-8-,16-14-,22-20-,26-25-. The van der Waals surface area contributed by atoms with Crippen molar-refractivity contribution in [2.24, 2.45) is 0 Å².